The van der Waals surface area contributed by atoms with E-state index in [4.69, 9.17) is 4.74 Å². The zero-order chi connectivity index (χ0) is 22.0. The lowest BCUT2D eigenvalue weighted by Gasteiger charge is -2.36. The van der Waals surface area contributed by atoms with E-state index in [1.807, 2.05) is 44.2 Å². The smallest absolute Gasteiger partial charge is 0.255 e. The van der Waals surface area contributed by atoms with E-state index in [-0.39, 0.29) is 17.6 Å². The molecule has 0 spiro atoms. The molecule has 0 radical (unpaired) electrons. The van der Waals surface area contributed by atoms with Crippen molar-refractivity contribution in [1.29, 1.82) is 0 Å². The molecule has 2 N–H and O–H groups in total. The van der Waals surface area contributed by atoms with Gasteiger partial charge >= 0.3 is 0 Å². The number of amides is 1. The van der Waals surface area contributed by atoms with E-state index in [2.05, 4.69) is 22.5 Å². The number of ketones is 1. The van der Waals surface area contributed by atoms with Crippen LogP contribution in [0.5, 0.6) is 5.75 Å². The van der Waals surface area contributed by atoms with Gasteiger partial charge in [0.25, 0.3) is 5.91 Å². The molecule has 1 amide bonds. The average Bonchev–Trinajstić information content (AvgIpc) is 2.74. The number of ether oxygens (including phenoxy) is 1. The van der Waals surface area contributed by atoms with Crippen LogP contribution < -0.4 is 15.4 Å². The van der Waals surface area contributed by atoms with Gasteiger partial charge in [-0.05, 0) is 56.0 Å². The van der Waals surface area contributed by atoms with Crippen LogP contribution in [0, 0.1) is 5.92 Å². The number of pyridine rings is 1. The van der Waals surface area contributed by atoms with Crippen molar-refractivity contribution in [3.8, 4) is 5.75 Å². The van der Waals surface area contributed by atoms with Crippen molar-refractivity contribution < 1.29 is 14.3 Å². The fourth-order valence-corrected chi connectivity index (χ4v) is 4.41. The molecule has 160 valence electrons. The number of carbonyl (C=O) groups excluding carboxylic acids is 2. The number of allylic oxidation sites excluding steroid dienone is 3. The van der Waals surface area contributed by atoms with Gasteiger partial charge in [-0.2, -0.15) is 0 Å². The summed E-state index contributed by atoms with van der Waals surface area (Å²) >= 11 is 0. The minimum absolute atomic E-state index is 0.0933. The molecular formula is C25H27N3O3. The summed E-state index contributed by atoms with van der Waals surface area (Å²) in [6, 6.07) is 13.0. The number of Topliss-reactive ketones (excluding diaryl/α,β-unsaturated/α-hetero) is 1. The third-order valence-corrected chi connectivity index (χ3v) is 5.71. The Balaban J connectivity index is 1.77. The van der Waals surface area contributed by atoms with E-state index in [0.717, 1.165) is 29.1 Å². The van der Waals surface area contributed by atoms with Crippen LogP contribution in [0.3, 0.4) is 0 Å². The molecule has 0 unspecified atom stereocenters. The Labute approximate surface area is 182 Å². The second kappa shape index (κ2) is 8.76. The Bertz CT molecular complexity index is 1060. The number of nitrogens with zero attached hydrogens (tertiary/aromatic N) is 1. The molecule has 0 bridgehead atoms. The number of carbonyl (C=O) groups is 2. The lowest BCUT2D eigenvalue weighted by molar-refractivity contribution is -0.117. The normalized spacial score (nSPS) is 20.8. The van der Waals surface area contributed by atoms with E-state index in [1.165, 1.54) is 0 Å². The first kappa shape index (κ1) is 20.8. The van der Waals surface area contributed by atoms with Gasteiger partial charge in [-0.3, -0.25) is 9.59 Å². The van der Waals surface area contributed by atoms with Crippen molar-refractivity contribution in [3.63, 3.8) is 0 Å². The zero-order valence-corrected chi connectivity index (χ0v) is 18.1. The number of nitrogens with one attached hydrogen (secondary N) is 2. The quantitative estimate of drug-likeness (QED) is 0.757. The highest BCUT2D eigenvalue weighted by Crippen LogP contribution is 2.43. The van der Waals surface area contributed by atoms with Gasteiger partial charge in [-0.25, -0.2) is 4.98 Å². The molecule has 2 aromatic rings. The van der Waals surface area contributed by atoms with Gasteiger partial charge in [0.05, 0.1) is 6.61 Å². The van der Waals surface area contributed by atoms with Gasteiger partial charge in [0, 0.05) is 41.1 Å². The SMILES string of the molecule is CCOc1ccc([C@@H]2C(C(=O)Nc3ccccn3)=C(C)NC3=C2C(=O)C[C@H](C)C3)cc1. The number of benzene rings is 1. The number of aromatic nitrogens is 1. The molecular weight excluding hydrogens is 390 g/mol. The average molecular weight is 418 g/mol. The summed E-state index contributed by atoms with van der Waals surface area (Å²) in [5, 5.41) is 6.25. The first-order valence-electron chi connectivity index (χ1n) is 10.7. The summed E-state index contributed by atoms with van der Waals surface area (Å²) in [6.07, 6.45) is 2.91. The van der Waals surface area contributed by atoms with Crippen LogP contribution in [-0.4, -0.2) is 23.3 Å². The Morgan fingerprint density at radius 3 is 2.65 bits per heavy atom. The number of dihydropyridines is 1. The summed E-state index contributed by atoms with van der Waals surface area (Å²) in [5.74, 6) is 0.906. The molecule has 31 heavy (non-hydrogen) atoms. The largest absolute Gasteiger partial charge is 0.494 e. The predicted octanol–water partition coefficient (Wildman–Crippen LogP) is 4.33. The van der Waals surface area contributed by atoms with E-state index in [0.29, 0.717) is 30.0 Å². The van der Waals surface area contributed by atoms with Crippen LogP contribution in [0.1, 0.15) is 45.1 Å². The van der Waals surface area contributed by atoms with Crippen molar-refractivity contribution in [2.75, 3.05) is 11.9 Å². The van der Waals surface area contributed by atoms with Crippen LogP contribution in [0.25, 0.3) is 0 Å². The maximum atomic E-state index is 13.4. The number of anilines is 1. The van der Waals surface area contributed by atoms with E-state index >= 15 is 0 Å². The Hall–Kier alpha value is -3.41. The van der Waals surface area contributed by atoms with Crippen molar-refractivity contribution >= 4 is 17.5 Å². The molecule has 4 rings (SSSR count). The topological polar surface area (TPSA) is 80.3 Å². The highest BCUT2D eigenvalue weighted by Gasteiger charge is 2.39. The highest BCUT2D eigenvalue weighted by atomic mass is 16.5. The summed E-state index contributed by atoms with van der Waals surface area (Å²) < 4.78 is 5.57. The molecule has 1 aromatic carbocycles. The fourth-order valence-electron chi connectivity index (χ4n) is 4.41. The lowest BCUT2D eigenvalue weighted by atomic mass is 9.73. The van der Waals surface area contributed by atoms with E-state index in [9.17, 15) is 9.59 Å². The molecule has 2 heterocycles. The summed E-state index contributed by atoms with van der Waals surface area (Å²) in [5.41, 5.74) is 3.81. The third-order valence-electron chi connectivity index (χ3n) is 5.71. The first-order valence-corrected chi connectivity index (χ1v) is 10.7. The van der Waals surface area contributed by atoms with E-state index < -0.39 is 5.92 Å². The third kappa shape index (κ3) is 4.24. The van der Waals surface area contributed by atoms with Crippen molar-refractivity contribution in [3.05, 3.63) is 76.8 Å². The molecule has 0 saturated carbocycles. The minimum atomic E-state index is -0.435. The van der Waals surface area contributed by atoms with Gasteiger partial charge in [0.1, 0.15) is 11.6 Å². The van der Waals surface area contributed by atoms with Crippen LogP contribution in [0.2, 0.25) is 0 Å². The second-order valence-electron chi connectivity index (χ2n) is 8.10. The van der Waals surface area contributed by atoms with Crippen LogP contribution in [0.15, 0.2) is 71.2 Å². The Morgan fingerprint density at radius 2 is 1.97 bits per heavy atom. The number of hydrogen-bond donors (Lipinski definition) is 2. The lowest BCUT2D eigenvalue weighted by Crippen LogP contribution is -2.37. The Morgan fingerprint density at radius 1 is 1.19 bits per heavy atom. The van der Waals surface area contributed by atoms with Gasteiger partial charge in [-0.1, -0.05) is 25.1 Å². The van der Waals surface area contributed by atoms with Crippen LogP contribution in [0.4, 0.5) is 5.82 Å². The van der Waals surface area contributed by atoms with Crippen molar-refractivity contribution in [2.45, 2.75) is 39.5 Å². The highest BCUT2D eigenvalue weighted by molar-refractivity contribution is 6.09. The minimum Gasteiger partial charge on any atom is -0.494 e. The summed E-state index contributed by atoms with van der Waals surface area (Å²) in [6.45, 7) is 6.49. The first-order chi connectivity index (χ1) is 15.0. The van der Waals surface area contributed by atoms with Gasteiger partial charge in [-0.15, -0.1) is 0 Å². The summed E-state index contributed by atoms with van der Waals surface area (Å²) in [7, 11) is 0. The van der Waals surface area contributed by atoms with Crippen LogP contribution in [-0.2, 0) is 9.59 Å². The molecule has 0 saturated heterocycles. The monoisotopic (exact) mass is 417 g/mol. The Kier molecular flexibility index (Phi) is 5.89. The van der Waals surface area contributed by atoms with Crippen molar-refractivity contribution in [1.82, 2.24) is 10.3 Å². The predicted molar refractivity (Wildman–Crippen MR) is 119 cm³/mol. The maximum Gasteiger partial charge on any atom is 0.255 e. The number of rotatable bonds is 5. The zero-order valence-electron chi connectivity index (χ0n) is 18.1. The molecule has 1 aromatic heterocycles. The fraction of sp³-hybridized carbons (Fsp3) is 0.320. The molecule has 2 atom stereocenters. The maximum absolute atomic E-state index is 13.4. The molecule has 6 nitrogen and oxygen atoms in total. The van der Waals surface area contributed by atoms with Gasteiger partial charge in [0.15, 0.2) is 5.78 Å². The molecule has 1 aliphatic carbocycles. The summed E-state index contributed by atoms with van der Waals surface area (Å²) in [4.78, 5) is 30.7. The standard InChI is InChI=1S/C25H27N3O3/c1-4-31-18-10-8-17(9-11-18)23-22(25(30)28-21-7-5-6-12-26-21)16(3)27-19-13-15(2)14-20(29)24(19)23/h5-12,15,23,27H,4,13-14H2,1-3H3,(H,26,28,30)/t15-,23-/m1/s1. The molecule has 6 heteroatoms. The molecule has 1 aliphatic heterocycles. The molecule has 2 aliphatic rings. The van der Waals surface area contributed by atoms with E-state index in [1.54, 1.807) is 18.3 Å². The number of hydrogen-bond acceptors (Lipinski definition) is 5. The van der Waals surface area contributed by atoms with Crippen molar-refractivity contribution in [2.24, 2.45) is 5.92 Å². The second-order valence-corrected chi connectivity index (χ2v) is 8.10. The van der Waals surface area contributed by atoms with Gasteiger partial charge in [0.2, 0.25) is 0 Å². The molecule has 0 fully saturated rings. The van der Waals surface area contributed by atoms with Crippen LogP contribution >= 0.6 is 0 Å². The van der Waals surface area contributed by atoms with Gasteiger partial charge < -0.3 is 15.4 Å².